The molecule has 5 aliphatic rings. The zero-order valence-electron chi connectivity index (χ0n) is 23.7. The first kappa shape index (κ1) is 26.8. The Labute approximate surface area is 250 Å². The zero-order chi connectivity index (χ0) is 29.3. The second-order valence-electron chi connectivity index (χ2n) is 12.7. The molecule has 2 amide bonds. The second-order valence-corrected chi connectivity index (χ2v) is 13.1. The first-order chi connectivity index (χ1) is 20.1. The lowest BCUT2D eigenvalue weighted by molar-refractivity contribution is -0.122. The Kier molecular flexibility index (Phi) is 6.24. The molecule has 8 rings (SSSR count). The van der Waals surface area contributed by atoms with E-state index in [4.69, 9.17) is 12.2 Å². The average Bonchev–Trinajstić information content (AvgIpc) is 3.22. The smallest absolute Gasteiger partial charge is 0.335 e. The lowest BCUT2D eigenvalue weighted by Crippen LogP contribution is -2.54. The van der Waals surface area contributed by atoms with E-state index in [1.807, 2.05) is 19.9 Å². The Hall–Kier alpha value is -4.04. The van der Waals surface area contributed by atoms with Crippen molar-refractivity contribution >= 4 is 46.9 Å². The lowest BCUT2D eigenvalue weighted by Gasteiger charge is -2.57. The largest absolute Gasteiger partial charge is 0.478 e. The van der Waals surface area contributed by atoms with Crippen LogP contribution in [0.2, 0.25) is 0 Å². The lowest BCUT2D eigenvalue weighted by atomic mass is 9.48. The molecule has 1 aliphatic heterocycles. The van der Waals surface area contributed by atoms with Gasteiger partial charge < -0.3 is 9.67 Å². The summed E-state index contributed by atoms with van der Waals surface area (Å²) in [5.41, 5.74) is 5.75. The van der Waals surface area contributed by atoms with E-state index in [0.29, 0.717) is 5.41 Å². The first-order valence-corrected chi connectivity index (χ1v) is 15.1. The van der Waals surface area contributed by atoms with E-state index in [0.717, 1.165) is 45.3 Å². The van der Waals surface area contributed by atoms with Gasteiger partial charge in [-0.15, -0.1) is 0 Å². The molecule has 214 valence electrons. The number of hydrogen-bond acceptors (Lipinski definition) is 4. The highest BCUT2D eigenvalue weighted by Crippen LogP contribution is 2.60. The fourth-order valence-electron chi connectivity index (χ4n) is 8.58. The van der Waals surface area contributed by atoms with Crippen molar-refractivity contribution in [3.8, 4) is 5.69 Å². The van der Waals surface area contributed by atoms with Gasteiger partial charge in [0.2, 0.25) is 0 Å². The van der Waals surface area contributed by atoms with Gasteiger partial charge in [-0.25, -0.2) is 4.79 Å². The molecule has 0 radical (unpaired) electrons. The minimum atomic E-state index is -1.12. The van der Waals surface area contributed by atoms with Gasteiger partial charge in [-0.3, -0.25) is 19.8 Å². The fourth-order valence-corrected chi connectivity index (χ4v) is 8.87. The molecule has 2 N–H and O–H groups in total. The Balaban J connectivity index is 1.19. The number of carboxylic acids is 1. The van der Waals surface area contributed by atoms with Gasteiger partial charge in [0.1, 0.15) is 5.57 Å². The summed E-state index contributed by atoms with van der Waals surface area (Å²) in [5, 5.41) is 11.9. The molecule has 0 unspecified atom stereocenters. The molecule has 1 saturated heterocycles. The van der Waals surface area contributed by atoms with Crippen molar-refractivity contribution in [2.24, 2.45) is 17.8 Å². The number of amides is 2. The fraction of sp³-hybridized carbons (Fsp3) is 0.353. The average molecular weight is 580 g/mol. The predicted molar refractivity (Wildman–Crippen MR) is 165 cm³/mol. The Bertz CT molecular complexity index is 1660. The van der Waals surface area contributed by atoms with Crippen LogP contribution in [0.5, 0.6) is 0 Å². The van der Waals surface area contributed by atoms with Gasteiger partial charge in [0.15, 0.2) is 5.11 Å². The topological polar surface area (TPSA) is 91.6 Å². The van der Waals surface area contributed by atoms with Crippen LogP contribution < -0.4 is 10.2 Å². The number of benzene rings is 2. The van der Waals surface area contributed by atoms with Crippen LogP contribution in [0, 0.1) is 31.6 Å². The number of anilines is 1. The molecule has 4 aliphatic carbocycles. The molecule has 8 heteroatoms. The second kappa shape index (κ2) is 9.76. The number of carboxylic acid groups (broad SMARTS) is 1. The van der Waals surface area contributed by atoms with E-state index in [-0.39, 0.29) is 21.9 Å². The van der Waals surface area contributed by atoms with Crippen molar-refractivity contribution in [2.45, 2.75) is 57.8 Å². The molecule has 2 heterocycles. The minimum Gasteiger partial charge on any atom is -0.478 e. The summed E-state index contributed by atoms with van der Waals surface area (Å²) >= 11 is 5.29. The quantitative estimate of drug-likeness (QED) is 0.217. The van der Waals surface area contributed by atoms with E-state index in [1.54, 1.807) is 12.1 Å². The Morgan fingerprint density at radius 1 is 0.952 bits per heavy atom. The highest BCUT2D eigenvalue weighted by molar-refractivity contribution is 7.80. The van der Waals surface area contributed by atoms with E-state index in [1.165, 1.54) is 62.3 Å². The van der Waals surface area contributed by atoms with Crippen LogP contribution in [0.1, 0.15) is 71.4 Å². The highest BCUT2D eigenvalue weighted by Gasteiger charge is 2.51. The minimum absolute atomic E-state index is 0.0169. The Morgan fingerprint density at radius 3 is 2.21 bits per heavy atom. The van der Waals surface area contributed by atoms with E-state index in [2.05, 4.69) is 34.1 Å². The normalized spacial score (nSPS) is 27.6. The summed E-state index contributed by atoms with van der Waals surface area (Å²) < 4.78 is 2.15. The van der Waals surface area contributed by atoms with Crippen molar-refractivity contribution < 1.29 is 19.5 Å². The molecule has 42 heavy (non-hydrogen) atoms. The number of thiocarbonyl (C=S) groups is 1. The standard InChI is InChI=1S/C34H33N3O4S/c1-19-10-25(15-29-30(38)35-33(42)37(31(29)39)28-5-3-4-24(14-28)32(40)41)20(2)36(19)27-8-6-26(7-9-27)34-16-21-11-22(17-34)13-23(12-21)18-34/h3-10,14-15,21-23H,11-13,16-18H2,1-2H3,(H,40,41)(H,35,38,42). The van der Waals surface area contributed by atoms with Crippen LogP contribution in [0.15, 0.2) is 60.2 Å². The van der Waals surface area contributed by atoms with Gasteiger partial charge in [0, 0.05) is 17.1 Å². The van der Waals surface area contributed by atoms with Gasteiger partial charge in [-0.2, -0.15) is 0 Å². The molecule has 4 bridgehead atoms. The number of aromatic carboxylic acids is 1. The third-order valence-electron chi connectivity index (χ3n) is 10.00. The maximum absolute atomic E-state index is 13.6. The number of carbonyl (C=O) groups is 3. The van der Waals surface area contributed by atoms with Crippen molar-refractivity contribution in [3.05, 3.63) is 88.2 Å². The van der Waals surface area contributed by atoms with Crippen molar-refractivity contribution in [2.75, 3.05) is 4.90 Å². The van der Waals surface area contributed by atoms with Crippen molar-refractivity contribution in [1.29, 1.82) is 0 Å². The molecule has 5 fully saturated rings. The number of rotatable bonds is 5. The molecule has 3 aromatic rings. The summed E-state index contributed by atoms with van der Waals surface area (Å²) in [4.78, 5) is 39.1. The molecule has 0 atom stereocenters. The van der Waals surface area contributed by atoms with Crippen molar-refractivity contribution in [1.82, 2.24) is 9.88 Å². The van der Waals surface area contributed by atoms with Crippen LogP contribution in [-0.2, 0) is 15.0 Å². The van der Waals surface area contributed by atoms with Gasteiger partial charge in [0.25, 0.3) is 11.8 Å². The molecule has 2 aromatic carbocycles. The Morgan fingerprint density at radius 2 is 1.60 bits per heavy atom. The molecule has 4 saturated carbocycles. The first-order valence-electron chi connectivity index (χ1n) is 14.7. The maximum Gasteiger partial charge on any atom is 0.335 e. The van der Waals surface area contributed by atoms with E-state index in [9.17, 15) is 19.5 Å². The molecule has 7 nitrogen and oxygen atoms in total. The summed E-state index contributed by atoms with van der Waals surface area (Å²) in [6, 6.07) is 16.9. The van der Waals surface area contributed by atoms with Crippen molar-refractivity contribution in [3.63, 3.8) is 0 Å². The SMILES string of the molecule is Cc1cc(C=C2C(=O)NC(=S)N(c3cccc(C(=O)O)c3)C2=O)c(C)n1-c1ccc(C23CC4CC(CC(C4)C2)C3)cc1. The monoisotopic (exact) mass is 579 g/mol. The summed E-state index contributed by atoms with van der Waals surface area (Å²) in [7, 11) is 0. The van der Waals surface area contributed by atoms with E-state index < -0.39 is 17.8 Å². The third kappa shape index (κ3) is 4.31. The van der Waals surface area contributed by atoms with Gasteiger partial charge in [-0.1, -0.05) is 18.2 Å². The summed E-state index contributed by atoms with van der Waals surface area (Å²) in [6.45, 7) is 4.00. The van der Waals surface area contributed by atoms with Gasteiger partial charge in [0.05, 0.1) is 11.3 Å². The van der Waals surface area contributed by atoms with Crippen LogP contribution in [0.25, 0.3) is 11.8 Å². The number of carbonyl (C=O) groups excluding carboxylic acids is 2. The van der Waals surface area contributed by atoms with Gasteiger partial charge in [-0.05, 0) is 141 Å². The van der Waals surface area contributed by atoms with Crippen LogP contribution in [0.3, 0.4) is 0 Å². The number of aromatic nitrogens is 1. The van der Waals surface area contributed by atoms with E-state index >= 15 is 0 Å². The predicted octanol–water partition coefficient (Wildman–Crippen LogP) is 6.09. The molecule has 0 spiro atoms. The number of aryl methyl sites for hydroxylation is 1. The zero-order valence-corrected chi connectivity index (χ0v) is 24.5. The van der Waals surface area contributed by atoms with Crippen LogP contribution >= 0.6 is 12.2 Å². The molecular formula is C34H33N3O4S. The van der Waals surface area contributed by atoms with Crippen LogP contribution in [0.4, 0.5) is 5.69 Å². The number of hydrogen-bond donors (Lipinski definition) is 2. The molecule has 1 aromatic heterocycles. The summed E-state index contributed by atoms with van der Waals surface area (Å²) in [5.74, 6) is 0.381. The highest BCUT2D eigenvalue weighted by atomic mass is 32.1. The maximum atomic E-state index is 13.6. The van der Waals surface area contributed by atoms with Crippen LogP contribution in [-0.4, -0.2) is 32.6 Å². The molecular weight excluding hydrogens is 546 g/mol. The summed E-state index contributed by atoms with van der Waals surface area (Å²) in [6.07, 6.45) is 9.86. The number of nitrogens with zero attached hydrogens (tertiary/aromatic N) is 2. The number of nitrogens with one attached hydrogen (secondary N) is 1. The van der Waals surface area contributed by atoms with Gasteiger partial charge >= 0.3 is 5.97 Å². The third-order valence-corrected chi connectivity index (χ3v) is 10.3.